The number of aliphatic hydroxyl groups excluding tert-OH is 1. The first kappa shape index (κ1) is 10.9. The standard InChI is InChI=1S/C10H12FIO/c1-7-5-8(3-2-4-13)9(11)6-10(7)12/h5-6,13H,2-4H2,1H3. The van der Waals surface area contributed by atoms with Crippen LogP contribution < -0.4 is 0 Å². The molecule has 1 rings (SSSR count). The number of benzene rings is 1. The van der Waals surface area contributed by atoms with Gasteiger partial charge in [-0.25, -0.2) is 4.39 Å². The number of hydrogen-bond acceptors (Lipinski definition) is 1. The van der Waals surface area contributed by atoms with Crippen molar-refractivity contribution >= 4 is 22.6 Å². The summed E-state index contributed by atoms with van der Waals surface area (Å²) in [6, 6.07) is 3.40. The van der Waals surface area contributed by atoms with E-state index in [0.29, 0.717) is 18.4 Å². The second-order valence-electron chi connectivity index (χ2n) is 3.02. The third-order valence-corrected chi connectivity index (χ3v) is 3.09. The summed E-state index contributed by atoms with van der Waals surface area (Å²) in [5.74, 6) is -0.163. The molecule has 72 valence electrons. The zero-order valence-corrected chi connectivity index (χ0v) is 9.64. The Morgan fingerprint density at radius 2 is 2.15 bits per heavy atom. The molecule has 0 amide bonds. The van der Waals surface area contributed by atoms with Crippen molar-refractivity contribution in [2.75, 3.05) is 6.61 Å². The van der Waals surface area contributed by atoms with E-state index in [0.717, 1.165) is 9.13 Å². The lowest BCUT2D eigenvalue weighted by Gasteiger charge is -2.05. The molecule has 1 N–H and O–H groups in total. The van der Waals surface area contributed by atoms with Crippen LogP contribution in [-0.4, -0.2) is 11.7 Å². The van der Waals surface area contributed by atoms with Crippen LogP contribution in [0.5, 0.6) is 0 Å². The van der Waals surface area contributed by atoms with Gasteiger partial charge in [0.1, 0.15) is 5.82 Å². The number of aliphatic hydroxyl groups is 1. The van der Waals surface area contributed by atoms with Gasteiger partial charge in [-0.2, -0.15) is 0 Å². The van der Waals surface area contributed by atoms with E-state index in [2.05, 4.69) is 22.6 Å². The van der Waals surface area contributed by atoms with Crippen LogP contribution in [-0.2, 0) is 6.42 Å². The predicted octanol–water partition coefficient (Wildman–Crippen LogP) is 2.66. The summed E-state index contributed by atoms with van der Waals surface area (Å²) < 4.78 is 14.2. The molecule has 0 atom stereocenters. The Morgan fingerprint density at radius 3 is 2.77 bits per heavy atom. The van der Waals surface area contributed by atoms with Crippen LogP contribution in [0.2, 0.25) is 0 Å². The molecule has 0 spiro atoms. The minimum atomic E-state index is -0.163. The maximum absolute atomic E-state index is 13.3. The molecule has 1 aromatic carbocycles. The van der Waals surface area contributed by atoms with Gasteiger partial charge in [-0.05, 0) is 59.5 Å². The fraction of sp³-hybridized carbons (Fsp3) is 0.400. The van der Waals surface area contributed by atoms with Gasteiger partial charge in [-0.1, -0.05) is 6.07 Å². The van der Waals surface area contributed by atoms with Crippen LogP contribution in [0.3, 0.4) is 0 Å². The van der Waals surface area contributed by atoms with Gasteiger partial charge in [0.15, 0.2) is 0 Å². The van der Waals surface area contributed by atoms with E-state index in [1.807, 2.05) is 13.0 Å². The Labute approximate surface area is 91.1 Å². The molecule has 0 radical (unpaired) electrons. The van der Waals surface area contributed by atoms with Crippen molar-refractivity contribution in [2.24, 2.45) is 0 Å². The molecular weight excluding hydrogens is 282 g/mol. The summed E-state index contributed by atoms with van der Waals surface area (Å²) >= 11 is 2.11. The van der Waals surface area contributed by atoms with Crippen molar-refractivity contribution in [3.05, 3.63) is 32.6 Å². The van der Waals surface area contributed by atoms with Crippen molar-refractivity contribution in [3.8, 4) is 0 Å². The van der Waals surface area contributed by atoms with Crippen LogP contribution in [0.25, 0.3) is 0 Å². The molecule has 3 heteroatoms. The minimum absolute atomic E-state index is 0.116. The van der Waals surface area contributed by atoms with E-state index in [4.69, 9.17) is 5.11 Å². The molecule has 0 unspecified atom stereocenters. The lowest BCUT2D eigenvalue weighted by Crippen LogP contribution is -1.96. The average molecular weight is 294 g/mol. The maximum Gasteiger partial charge on any atom is 0.127 e. The molecule has 0 heterocycles. The zero-order valence-electron chi connectivity index (χ0n) is 7.48. The molecule has 1 nitrogen and oxygen atoms in total. The van der Waals surface area contributed by atoms with Gasteiger partial charge in [0.25, 0.3) is 0 Å². The summed E-state index contributed by atoms with van der Waals surface area (Å²) in [5, 5.41) is 8.62. The second-order valence-corrected chi connectivity index (χ2v) is 4.18. The molecule has 0 aliphatic rings. The molecule has 0 aliphatic carbocycles. The Hall–Kier alpha value is -0.160. The molecular formula is C10H12FIO. The lowest BCUT2D eigenvalue weighted by molar-refractivity contribution is 0.288. The Bertz CT molecular complexity index is 299. The largest absolute Gasteiger partial charge is 0.396 e. The molecule has 0 saturated carbocycles. The quantitative estimate of drug-likeness (QED) is 0.850. The molecule has 0 bridgehead atoms. The fourth-order valence-electron chi connectivity index (χ4n) is 1.18. The number of aryl methyl sites for hydroxylation is 2. The SMILES string of the molecule is Cc1cc(CCCO)c(F)cc1I. The monoisotopic (exact) mass is 294 g/mol. The van der Waals surface area contributed by atoms with E-state index < -0.39 is 0 Å². The topological polar surface area (TPSA) is 20.2 Å². The highest BCUT2D eigenvalue weighted by atomic mass is 127. The number of hydrogen-bond donors (Lipinski definition) is 1. The van der Waals surface area contributed by atoms with E-state index in [-0.39, 0.29) is 12.4 Å². The Balaban J connectivity index is 2.88. The summed E-state index contributed by atoms with van der Waals surface area (Å²) in [6.07, 6.45) is 1.23. The third kappa shape index (κ3) is 2.91. The molecule has 13 heavy (non-hydrogen) atoms. The average Bonchev–Trinajstić information content (AvgIpc) is 2.09. The van der Waals surface area contributed by atoms with Crippen LogP contribution in [0.4, 0.5) is 4.39 Å². The fourth-order valence-corrected chi connectivity index (χ4v) is 1.61. The first-order chi connectivity index (χ1) is 6.15. The summed E-state index contributed by atoms with van der Waals surface area (Å²) in [5.41, 5.74) is 1.79. The number of halogens is 2. The van der Waals surface area contributed by atoms with Crippen molar-refractivity contribution < 1.29 is 9.50 Å². The van der Waals surface area contributed by atoms with Gasteiger partial charge in [0.05, 0.1) is 0 Å². The van der Waals surface area contributed by atoms with Gasteiger partial charge in [0.2, 0.25) is 0 Å². The van der Waals surface area contributed by atoms with Crippen molar-refractivity contribution in [2.45, 2.75) is 19.8 Å². The van der Waals surface area contributed by atoms with E-state index in [9.17, 15) is 4.39 Å². The highest BCUT2D eigenvalue weighted by Crippen LogP contribution is 2.18. The summed E-state index contributed by atoms with van der Waals surface area (Å²) in [6.45, 7) is 2.08. The normalized spacial score (nSPS) is 10.5. The molecule has 1 aromatic rings. The summed E-state index contributed by atoms with van der Waals surface area (Å²) in [4.78, 5) is 0. The first-order valence-corrected chi connectivity index (χ1v) is 5.28. The minimum Gasteiger partial charge on any atom is -0.396 e. The highest BCUT2D eigenvalue weighted by Gasteiger charge is 2.04. The molecule has 0 saturated heterocycles. The highest BCUT2D eigenvalue weighted by molar-refractivity contribution is 14.1. The Morgan fingerprint density at radius 1 is 1.46 bits per heavy atom. The zero-order chi connectivity index (χ0) is 9.84. The van der Waals surface area contributed by atoms with Gasteiger partial charge in [0, 0.05) is 10.2 Å². The van der Waals surface area contributed by atoms with Crippen LogP contribution in [0.15, 0.2) is 12.1 Å². The Kier molecular flexibility index (Phi) is 4.12. The van der Waals surface area contributed by atoms with Gasteiger partial charge in [-0.3, -0.25) is 0 Å². The van der Waals surface area contributed by atoms with E-state index in [1.165, 1.54) is 0 Å². The predicted molar refractivity (Wildman–Crippen MR) is 59.3 cm³/mol. The second kappa shape index (κ2) is 4.91. The van der Waals surface area contributed by atoms with Crippen molar-refractivity contribution in [3.63, 3.8) is 0 Å². The molecule has 0 aliphatic heterocycles. The van der Waals surface area contributed by atoms with Gasteiger partial charge >= 0.3 is 0 Å². The van der Waals surface area contributed by atoms with E-state index >= 15 is 0 Å². The van der Waals surface area contributed by atoms with Crippen LogP contribution >= 0.6 is 22.6 Å². The first-order valence-electron chi connectivity index (χ1n) is 4.20. The summed E-state index contributed by atoms with van der Waals surface area (Å²) in [7, 11) is 0. The van der Waals surface area contributed by atoms with Crippen molar-refractivity contribution in [1.29, 1.82) is 0 Å². The van der Waals surface area contributed by atoms with Gasteiger partial charge < -0.3 is 5.11 Å². The van der Waals surface area contributed by atoms with Crippen LogP contribution in [0, 0.1) is 16.3 Å². The maximum atomic E-state index is 13.3. The molecule has 0 aromatic heterocycles. The van der Waals surface area contributed by atoms with Crippen molar-refractivity contribution in [1.82, 2.24) is 0 Å². The molecule has 0 fully saturated rings. The number of rotatable bonds is 3. The van der Waals surface area contributed by atoms with E-state index in [1.54, 1.807) is 6.07 Å². The van der Waals surface area contributed by atoms with Gasteiger partial charge in [-0.15, -0.1) is 0 Å². The lowest BCUT2D eigenvalue weighted by atomic mass is 10.1. The smallest absolute Gasteiger partial charge is 0.127 e. The third-order valence-electron chi connectivity index (χ3n) is 1.93. The van der Waals surface area contributed by atoms with Crippen LogP contribution in [0.1, 0.15) is 17.5 Å².